The van der Waals surface area contributed by atoms with E-state index >= 15 is 0 Å². The van der Waals surface area contributed by atoms with Crippen molar-refractivity contribution < 1.29 is 17.7 Å². The molecule has 3 N–H and O–H groups in total. The van der Waals surface area contributed by atoms with E-state index in [9.17, 15) is 13.5 Å². The van der Waals surface area contributed by atoms with Crippen LogP contribution in [0.15, 0.2) is 77.7 Å². The molecule has 5 nitrogen and oxygen atoms in total. The van der Waals surface area contributed by atoms with E-state index in [2.05, 4.69) is 0 Å². The van der Waals surface area contributed by atoms with Crippen molar-refractivity contribution in [3.8, 4) is 11.5 Å². The third kappa shape index (κ3) is 2.70. The number of benzene rings is 4. The minimum Gasteiger partial charge on any atom is -0.506 e. The maximum absolute atomic E-state index is 12.8. The topological polar surface area (TPSA) is 89.6 Å². The van der Waals surface area contributed by atoms with E-state index in [0.29, 0.717) is 10.8 Å². The third-order valence-electron chi connectivity index (χ3n) is 4.22. The molecule has 130 valence electrons. The third-order valence-corrected chi connectivity index (χ3v) is 5.51. The van der Waals surface area contributed by atoms with Crippen molar-refractivity contribution in [2.45, 2.75) is 4.90 Å². The van der Waals surface area contributed by atoms with Crippen molar-refractivity contribution >= 4 is 37.4 Å². The van der Waals surface area contributed by atoms with E-state index in [0.717, 1.165) is 16.8 Å². The number of anilines is 1. The highest BCUT2D eigenvalue weighted by Crippen LogP contribution is 2.36. The summed E-state index contributed by atoms with van der Waals surface area (Å²) in [6.07, 6.45) is 0. The summed E-state index contributed by atoms with van der Waals surface area (Å²) >= 11 is 0. The zero-order valence-corrected chi connectivity index (χ0v) is 14.4. The SMILES string of the molecule is Nc1c(O)cc(S(=O)(=O)Oc2ccc3ccccc3c2)c2ccccc12. The Morgan fingerprint density at radius 3 is 2.23 bits per heavy atom. The Balaban J connectivity index is 1.84. The van der Waals surface area contributed by atoms with Crippen molar-refractivity contribution in [3.63, 3.8) is 0 Å². The number of phenolic OH excluding ortho intramolecular Hbond substituents is 1. The molecule has 6 heteroatoms. The van der Waals surface area contributed by atoms with Gasteiger partial charge in [-0.3, -0.25) is 0 Å². The van der Waals surface area contributed by atoms with Gasteiger partial charge >= 0.3 is 10.1 Å². The summed E-state index contributed by atoms with van der Waals surface area (Å²) in [7, 11) is -4.16. The summed E-state index contributed by atoms with van der Waals surface area (Å²) in [6, 6.07) is 20.4. The molecule has 0 fully saturated rings. The molecule has 4 aromatic carbocycles. The van der Waals surface area contributed by atoms with E-state index in [1.165, 1.54) is 0 Å². The molecule has 0 aliphatic rings. The van der Waals surface area contributed by atoms with Crippen molar-refractivity contribution in [1.29, 1.82) is 0 Å². The van der Waals surface area contributed by atoms with Gasteiger partial charge in [0.15, 0.2) is 0 Å². The van der Waals surface area contributed by atoms with Crippen LogP contribution >= 0.6 is 0 Å². The van der Waals surface area contributed by atoms with Gasteiger partial charge in [-0.25, -0.2) is 0 Å². The van der Waals surface area contributed by atoms with Gasteiger partial charge in [0.25, 0.3) is 0 Å². The van der Waals surface area contributed by atoms with Crippen LogP contribution in [0.4, 0.5) is 5.69 Å². The van der Waals surface area contributed by atoms with Crippen LogP contribution in [0.2, 0.25) is 0 Å². The van der Waals surface area contributed by atoms with Gasteiger partial charge in [0.1, 0.15) is 16.4 Å². The van der Waals surface area contributed by atoms with Crippen molar-refractivity contribution in [1.82, 2.24) is 0 Å². The number of aromatic hydroxyl groups is 1. The average Bonchev–Trinajstić information content (AvgIpc) is 2.64. The number of hydrogen-bond donors (Lipinski definition) is 2. The maximum atomic E-state index is 12.8. The van der Waals surface area contributed by atoms with E-state index < -0.39 is 10.1 Å². The normalized spacial score (nSPS) is 11.7. The molecular formula is C20H15NO4S. The van der Waals surface area contributed by atoms with Crippen LogP contribution in [-0.4, -0.2) is 13.5 Å². The second kappa shape index (κ2) is 5.93. The fourth-order valence-corrected chi connectivity index (χ4v) is 4.10. The van der Waals surface area contributed by atoms with Crippen LogP contribution < -0.4 is 9.92 Å². The summed E-state index contributed by atoms with van der Waals surface area (Å²) in [5.74, 6) is -0.103. The van der Waals surface area contributed by atoms with Crippen molar-refractivity contribution in [2.75, 3.05) is 5.73 Å². The molecule has 0 aromatic heterocycles. The number of rotatable bonds is 3. The molecule has 0 radical (unpaired) electrons. The molecule has 0 saturated carbocycles. The minimum atomic E-state index is -4.16. The van der Waals surface area contributed by atoms with Gasteiger partial charge in [-0.1, -0.05) is 54.6 Å². The highest BCUT2D eigenvalue weighted by Gasteiger charge is 2.23. The van der Waals surface area contributed by atoms with Gasteiger partial charge in [-0.2, -0.15) is 8.42 Å². The number of hydrogen-bond acceptors (Lipinski definition) is 5. The lowest BCUT2D eigenvalue weighted by Gasteiger charge is -2.12. The van der Waals surface area contributed by atoms with Crippen molar-refractivity contribution in [3.05, 3.63) is 72.8 Å². The Bertz CT molecular complexity index is 1250. The van der Waals surface area contributed by atoms with Crippen LogP contribution in [-0.2, 0) is 10.1 Å². The van der Waals surface area contributed by atoms with Gasteiger partial charge in [0.2, 0.25) is 0 Å². The molecular weight excluding hydrogens is 350 g/mol. The molecule has 0 aliphatic carbocycles. The molecule has 0 spiro atoms. The molecule has 0 aliphatic heterocycles. The first-order valence-electron chi connectivity index (χ1n) is 7.89. The average molecular weight is 365 g/mol. The lowest BCUT2D eigenvalue weighted by atomic mass is 10.1. The van der Waals surface area contributed by atoms with Crippen LogP contribution in [0.3, 0.4) is 0 Å². The molecule has 0 amide bonds. The summed E-state index contributed by atoms with van der Waals surface area (Å²) < 4.78 is 31.0. The molecule has 0 heterocycles. The zero-order chi connectivity index (χ0) is 18.3. The van der Waals surface area contributed by atoms with E-state index in [1.807, 2.05) is 24.3 Å². The highest BCUT2D eigenvalue weighted by atomic mass is 32.2. The Morgan fingerprint density at radius 1 is 0.808 bits per heavy atom. The van der Waals surface area contributed by atoms with Gasteiger partial charge < -0.3 is 15.0 Å². The van der Waals surface area contributed by atoms with Crippen LogP contribution in [0.1, 0.15) is 0 Å². The highest BCUT2D eigenvalue weighted by molar-refractivity contribution is 7.87. The van der Waals surface area contributed by atoms with Gasteiger partial charge in [-0.15, -0.1) is 0 Å². The smallest absolute Gasteiger partial charge is 0.339 e. The quantitative estimate of drug-likeness (QED) is 0.325. The summed E-state index contributed by atoms with van der Waals surface area (Å²) in [4.78, 5) is -0.132. The van der Waals surface area contributed by atoms with E-state index in [-0.39, 0.29) is 22.1 Å². The van der Waals surface area contributed by atoms with Crippen molar-refractivity contribution in [2.24, 2.45) is 0 Å². The van der Waals surface area contributed by atoms with Gasteiger partial charge in [0, 0.05) is 16.8 Å². The first kappa shape index (κ1) is 16.2. The predicted octanol–water partition coefficient (Wildman–Crippen LogP) is 4.05. The predicted molar refractivity (Wildman–Crippen MR) is 102 cm³/mol. The zero-order valence-electron chi connectivity index (χ0n) is 13.6. The molecule has 26 heavy (non-hydrogen) atoms. The van der Waals surface area contributed by atoms with Crippen LogP contribution in [0.5, 0.6) is 11.5 Å². The second-order valence-electron chi connectivity index (χ2n) is 5.90. The fraction of sp³-hybridized carbons (Fsp3) is 0. The second-order valence-corrected chi connectivity index (χ2v) is 7.41. The summed E-state index contributed by atoms with van der Waals surface area (Å²) in [5, 5.41) is 12.7. The van der Waals surface area contributed by atoms with E-state index in [4.69, 9.17) is 9.92 Å². The molecule has 0 saturated heterocycles. The van der Waals surface area contributed by atoms with Crippen LogP contribution in [0.25, 0.3) is 21.5 Å². The molecule has 0 bridgehead atoms. The number of fused-ring (bicyclic) bond motifs is 2. The van der Waals surface area contributed by atoms with E-state index in [1.54, 1.807) is 42.5 Å². The van der Waals surface area contributed by atoms with Gasteiger partial charge in [0.05, 0.1) is 5.69 Å². The standard InChI is InChI=1S/C20H15NO4S/c21-20-17-8-4-3-7-16(17)19(12-18(20)22)26(23,24)25-15-10-9-13-5-1-2-6-14(13)11-15/h1-12,22H,21H2. The summed E-state index contributed by atoms with van der Waals surface area (Å²) in [5.41, 5.74) is 5.99. The molecule has 0 atom stereocenters. The largest absolute Gasteiger partial charge is 0.506 e. The number of phenols is 1. The Morgan fingerprint density at radius 2 is 1.46 bits per heavy atom. The summed E-state index contributed by atoms with van der Waals surface area (Å²) in [6.45, 7) is 0. The lowest BCUT2D eigenvalue weighted by Crippen LogP contribution is -2.10. The molecule has 4 rings (SSSR count). The minimum absolute atomic E-state index is 0.130. The first-order chi connectivity index (χ1) is 12.5. The molecule has 4 aromatic rings. The lowest BCUT2D eigenvalue weighted by molar-refractivity contribution is 0.471. The van der Waals surface area contributed by atoms with Crippen LogP contribution in [0, 0.1) is 0 Å². The Hall–Kier alpha value is -3.25. The number of nitrogens with two attached hydrogens (primary N) is 1. The number of nitrogen functional groups attached to an aromatic ring is 1. The Kier molecular flexibility index (Phi) is 3.70. The Labute approximate surface area is 150 Å². The molecule has 0 unspecified atom stereocenters. The monoisotopic (exact) mass is 365 g/mol. The maximum Gasteiger partial charge on any atom is 0.339 e. The fourth-order valence-electron chi connectivity index (χ4n) is 2.95. The first-order valence-corrected chi connectivity index (χ1v) is 9.30. The van der Waals surface area contributed by atoms with Gasteiger partial charge in [-0.05, 0) is 22.9 Å².